The van der Waals surface area contributed by atoms with Gasteiger partial charge < -0.3 is 14.8 Å². The van der Waals surface area contributed by atoms with E-state index in [2.05, 4.69) is 15.5 Å². The van der Waals surface area contributed by atoms with Crippen molar-refractivity contribution < 1.29 is 9.59 Å². The van der Waals surface area contributed by atoms with E-state index >= 15 is 0 Å². The van der Waals surface area contributed by atoms with Crippen LogP contribution in [0.3, 0.4) is 0 Å². The predicted molar refractivity (Wildman–Crippen MR) is 130 cm³/mol. The molecule has 2 amide bonds. The molecular weight excluding hydrogens is 434 g/mol. The number of nitrogens with one attached hydrogen (secondary N) is 1. The van der Waals surface area contributed by atoms with Gasteiger partial charge >= 0.3 is 0 Å². The standard InChI is InChI=1S/C25H29N5O2S/c1-4-29-23(21-13-8-14-30(21)24(32)20-12-6-5-10-18(20)3)27-28-25(29)33-16-22(31)26-19-11-7-9-17(2)15-19/h5-7,9-12,15,21H,4,8,13-14,16H2,1-3H3,(H,26,31). The van der Waals surface area contributed by atoms with Gasteiger partial charge in [-0.1, -0.05) is 42.1 Å². The van der Waals surface area contributed by atoms with Crippen molar-refractivity contribution in [3.63, 3.8) is 0 Å². The lowest BCUT2D eigenvalue weighted by Crippen LogP contribution is -2.32. The highest BCUT2D eigenvalue weighted by atomic mass is 32.2. The average Bonchev–Trinajstić information content (AvgIpc) is 3.44. The van der Waals surface area contributed by atoms with Crippen LogP contribution in [0.1, 0.15) is 53.1 Å². The summed E-state index contributed by atoms with van der Waals surface area (Å²) in [5, 5.41) is 12.4. The number of likely N-dealkylation sites (tertiary alicyclic amines) is 1. The maximum Gasteiger partial charge on any atom is 0.254 e. The van der Waals surface area contributed by atoms with Crippen LogP contribution in [0.4, 0.5) is 5.69 Å². The Balaban J connectivity index is 1.47. The van der Waals surface area contributed by atoms with E-state index in [0.717, 1.165) is 41.0 Å². The highest BCUT2D eigenvalue weighted by Gasteiger charge is 2.35. The van der Waals surface area contributed by atoms with E-state index in [0.29, 0.717) is 18.2 Å². The summed E-state index contributed by atoms with van der Waals surface area (Å²) in [5.74, 6) is 0.976. The van der Waals surface area contributed by atoms with Crippen LogP contribution >= 0.6 is 11.8 Å². The molecule has 0 bridgehead atoms. The second-order valence-corrected chi connectivity index (χ2v) is 9.21. The fourth-order valence-corrected chi connectivity index (χ4v) is 5.06. The summed E-state index contributed by atoms with van der Waals surface area (Å²) < 4.78 is 2.03. The zero-order chi connectivity index (χ0) is 23.4. The monoisotopic (exact) mass is 463 g/mol. The van der Waals surface area contributed by atoms with E-state index in [4.69, 9.17) is 0 Å². The molecule has 2 heterocycles. The molecule has 1 saturated heterocycles. The predicted octanol–water partition coefficient (Wildman–Crippen LogP) is 4.62. The number of nitrogens with zero attached hydrogens (tertiary/aromatic N) is 4. The third-order valence-electron chi connectivity index (χ3n) is 5.88. The van der Waals surface area contributed by atoms with Crippen molar-refractivity contribution in [1.29, 1.82) is 0 Å². The van der Waals surface area contributed by atoms with Gasteiger partial charge in [0.1, 0.15) is 0 Å². The minimum Gasteiger partial charge on any atom is -0.328 e. The van der Waals surface area contributed by atoms with Crippen molar-refractivity contribution >= 4 is 29.3 Å². The van der Waals surface area contributed by atoms with Gasteiger partial charge in [-0.3, -0.25) is 9.59 Å². The number of rotatable bonds is 7. The molecule has 0 saturated carbocycles. The number of aryl methyl sites for hydroxylation is 2. The van der Waals surface area contributed by atoms with Gasteiger partial charge in [-0.25, -0.2) is 0 Å². The molecule has 1 unspecified atom stereocenters. The van der Waals surface area contributed by atoms with Crippen LogP contribution in [-0.2, 0) is 11.3 Å². The Morgan fingerprint density at radius 3 is 2.70 bits per heavy atom. The first-order chi connectivity index (χ1) is 16.0. The highest BCUT2D eigenvalue weighted by Crippen LogP contribution is 2.34. The van der Waals surface area contributed by atoms with Crippen LogP contribution in [0.5, 0.6) is 0 Å². The van der Waals surface area contributed by atoms with Gasteiger partial charge in [0.2, 0.25) is 5.91 Å². The van der Waals surface area contributed by atoms with Gasteiger partial charge in [0.05, 0.1) is 11.8 Å². The Morgan fingerprint density at radius 1 is 1.12 bits per heavy atom. The SMILES string of the molecule is CCn1c(SCC(=O)Nc2cccc(C)c2)nnc1C1CCCN1C(=O)c1ccccc1C. The number of amides is 2. The highest BCUT2D eigenvalue weighted by molar-refractivity contribution is 7.99. The van der Waals surface area contributed by atoms with Crippen molar-refractivity contribution in [3.05, 3.63) is 71.0 Å². The normalized spacial score (nSPS) is 15.6. The van der Waals surface area contributed by atoms with E-state index in [1.807, 2.05) is 78.8 Å². The summed E-state index contributed by atoms with van der Waals surface area (Å²) in [4.78, 5) is 27.6. The van der Waals surface area contributed by atoms with Crippen LogP contribution < -0.4 is 5.32 Å². The minimum absolute atomic E-state index is 0.0352. The van der Waals surface area contributed by atoms with Crippen molar-refractivity contribution in [2.75, 3.05) is 17.6 Å². The van der Waals surface area contributed by atoms with Crippen molar-refractivity contribution in [3.8, 4) is 0 Å². The molecule has 172 valence electrons. The molecule has 1 fully saturated rings. The third kappa shape index (κ3) is 5.11. The number of anilines is 1. The molecule has 2 aromatic carbocycles. The molecule has 0 radical (unpaired) electrons. The van der Waals surface area contributed by atoms with Crippen molar-refractivity contribution in [1.82, 2.24) is 19.7 Å². The van der Waals surface area contributed by atoms with E-state index < -0.39 is 0 Å². The summed E-state index contributed by atoms with van der Waals surface area (Å²) in [5.41, 5.74) is 3.59. The molecule has 1 aliphatic rings. The fraction of sp³-hybridized carbons (Fsp3) is 0.360. The van der Waals surface area contributed by atoms with Gasteiger partial charge in [-0.15, -0.1) is 10.2 Å². The Labute approximate surface area is 198 Å². The number of thioether (sulfide) groups is 1. The minimum atomic E-state index is -0.111. The van der Waals surface area contributed by atoms with Gasteiger partial charge in [0.25, 0.3) is 5.91 Å². The van der Waals surface area contributed by atoms with Crippen molar-refractivity contribution in [2.24, 2.45) is 0 Å². The zero-order valence-corrected chi connectivity index (χ0v) is 20.1. The van der Waals surface area contributed by atoms with Crippen LogP contribution in [0, 0.1) is 13.8 Å². The lowest BCUT2D eigenvalue weighted by atomic mass is 10.1. The quantitative estimate of drug-likeness (QED) is 0.517. The molecule has 0 aliphatic carbocycles. The molecule has 1 aromatic heterocycles. The molecule has 1 atom stereocenters. The molecule has 4 rings (SSSR count). The number of carbonyl (C=O) groups excluding carboxylic acids is 2. The second-order valence-electron chi connectivity index (χ2n) is 8.26. The summed E-state index contributed by atoms with van der Waals surface area (Å²) in [6.45, 7) is 7.37. The smallest absolute Gasteiger partial charge is 0.254 e. The summed E-state index contributed by atoms with van der Waals surface area (Å²) in [6, 6.07) is 15.3. The molecule has 1 N–H and O–H groups in total. The fourth-order valence-electron chi connectivity index (χ4n) is 4.25. The molecule has 7 nitrogen and oxygen atoms in total. The summed E-state index contributed by atoms with van der Waals surface area (Å²) >= 11 is 1.37. The molecule has 33 heavy (non-hydrogen) atoms. The largest absolute Gasteiger partial charge is 0.328 e. The van der Waals surface area contributed by atoms with Crippen LogP contribution in [0.25, 0.3) is 0 Å². The zero-order valence-electron chi connectivity index (χ0n) is 19.2. The topological polar surface area (TPSA) is 80.1 Å². The maximum absolute atomic E-state index is 13.3. The Kier molecular flexibility index (Phi) is 7.13. The van der Waals surface area contributed by atoms with Crippen LogP contribution in [-0.4, -0.2) is 43.8 Å². The lowest BCUT2D eigenvalue weighted by Gasteiger charge is -2.25. The van der Waals surface area contributed by atoms with E-state index in [9.17, 15) is 9.59 Å². The molecule has 3 aromatic rings. The van der Waals surface area contributed by atoms with E-state index in [-0.39, 0.29) is 23.6 Å². The van der Waals surface area contributed by atoms with E-state index in [1.54, 1.807) is 0 Å². The number of hydrogen-bond donors (Lipinski definition) is 1. The van der Waals surface area contributed by atoms with Crippen molar-refractivity contribution in [2.45, 2.75) is 51.4 Å². The van der Waals surface area contributed by atoms with Crippen LogP contribution in [0.15, 0.2) is 53.7 Å². The molecular formula is C25H29N5O2S. The Morgan fingerprint density at radius 2 is 1.94 bits per heavy atom. The average molecular weight is 464 g/mol. The number of hydrogen-bond acceptors (Lipinski definition) is 5. The third-order valence-corrected chi connectivity index (χ3v) is 6.85. The maximum atomic E-state index is 13.3. The summed E-state index contributed by atoms with van der Waals surface area (Å²) in [6.07, 6.45) is 1.79. The van der Waals surface area contributed by atoms with Crippen LogP contribution in [0.2, 0.25) is 0 Å². The van der Waals surface area contributed by atoms with Gasteiger partial charge in [-0.05, 0) is 62.9 Å². The summed E-state index contributed by atoms with van der Waals surface area (Å²) in [7, 11) is 0. The number of carbonyl (C=O) groups is 2. The molecule has 0 spiro atoms. The number of aromatic nitrogens is 3. The first-order valence-corrected chi connectivity index (χ1v) is 12.3. The Hall–Kier alpha value is -3.13. The molecule has 8 heteroatoms. The molecule has 1 aliphatic heterocycles. The lowest BCUT2D eigenvalue weighted by molar-refractivity contribution is -0.113. The van der Waals surface area contributed by atoms with Gasteiger partial charge in [0.15, 0.2) is 11.0 Å². The van der Waals surface area contributed by atoms with E-state index in [1.165, 1.54) is 11.8 Å². The first-order valence-electron chi connectivity index (χ1n) is 11.3. The van der Waals surface area contributed by atoms with Gasteiger partial charge in [0, 0.05) is 24.3 Å². The Bertz CT molecular complexity index is 1160. The van der Waals surface area contributed by atoms with Gasteiger partial charge in [-0.2, -0.15) is 0 Å². The first kappa shape index (κ1) is 23.0. The number of benzene rings is 2. The second kappa shape index (κ2) is 10.2.